The fourth-order valence-corrected chi connectivity index (χ4v) is 2.64. The van der Waals surface area contributed by atoms with Gasteiger partial charge in [-0.05, 0) is 44.0 Å². The van der Waals surface area contributed by atoms with Gasteiger partial charge in [-0.25, -0.2) is 0 Å². The summed E-state index contributed by atoms with van der Waals surface area (Å²) in [6.45, 7) is 7.90. The molecule has 5 nitrogen and oxygen atoms in total. The van der Waals surface area contributed by atoms with E-state index in [4.69, 9.17) is 15.2 Å². The lowest BCUT2D eigenvalue weighted by Crippen LogP contribution is -2.47. The van der Waals surface area contributed by atoms with Gasteiger partial charge in [0.05, 0.1) is 24.5 Å². The standard InChI is InChI=1S/C18H26N2O3/c1-4-9-22-17-7-5-15(10-16(17)19)6-8-18(21)20-11-13(2)23-14(3)12-20/h5-8,10,13-14H,4,9,11-12,19H2,1-3H3/b8-6-. The van der Waals surface area contributed by atoms with Crippen molar-refractivity contribution in [3.63, 3.8) is 0 Å². The summed E-state index contributed by atoms with van der Waals surface area (Å²) in [4.78, 5) is 14.1. The molecule has 126 valence electrons. The molecule has 2 unspecified atom stereocenters. The number of nitrogens with two attached hydrogens (primary N) is 1. The molecular formula is C18H26N2O3. The minimum Gasteiger partial charge on any atom is -0.491 e. The number of amides is 1. The summed E-state index contributed by atoms with van der Waals surface area (Å²) in [5.41, 5.74) is 7.45. The average molecular weight is 318 g/mol. The maximum atomic E-state index is 12.3. The first kappa shape index (κ1) is 17.3. The van der Waals surface area contributed by atoms with E-state index in [1.54, 1.807) is 12.2 Å². The van der Waals surface area contributed by atoms with Crippen LogP contribution in [-0.2, 0) is 9.53 Å². The molecule has 0 saturated carbocycles. The Balaban J connectivity index is 1.99. The number of benzene rings is 1. The van der Waals surface area contributed by atoms with Crippen LogP contribution in [0.4, 0.5) is 5.69 Å². The van der Waals surface area contributed by atoms with Crippen molar-refractivity contribution in [1.82, 2.24) is 4.90 Å². The van der Waals surface area contributed by atoms with E-state index in [9.17, 15) is 4.79 Å². The average Bonchev–Trinajstić information content (AvgIpc) is 2.50. The third kappa shape index (κ3) is 4.99. The largest absolute Gasteiger partial charge is 0.491 e. The van der Waals surface area contributed by atoms with Crippen LogP contribution in [0.5, 0.6) is 5.75 Å². The van der Waals surface area contributed by atoms with Gasteiger partial charge in [0.15, 0.2) is 0 Å². The monoisotopic (exact) mass is 318 g/mol. The van der Waals surface area contributed by atoms with E-state index >= 15 is 0 Å². The van der Waals surface area contributed by atoms with Crippen molar-refractivity contribution in [2.45, 2.75) is 39.4 Å². The van der Waals surface area contributed by atoms with Crippen molar-refractivity contribution in [3.8, 4) is 5.75 Å². The van der Waals surface area contributed by atoms with Crippen LogP contribution >= 0.6 is 0 Å². The van der Waals surface area contributed by atoms with E-state index in [0.717, 1.165) is 12.0 Å². The summed E-state index contributed by atoms with van der Waals surface area (Å²) >= 11 is 0. The number of nitrogen functional groups attached to an aromatic ring is 1. The minimum absolute atomic E-state index is 0.00289. The molecule has 2 N–H and O–H groups in total. The first-order valence-corrected chi connectivity index (χ1v) is 8.14. The molecule has 1 aromatic carbocycles. The van der Waals surface area contributed by atoms with Crippen LogP contribution in [0.2, 0.25) is 0 Å². The van der Waals surface area contributed by atoms with Crippen molar-refractivity contribution in [2.24, 2.45) is 0 Å². The van der Waals surface area contributed by atoms with Crippen molar-refractivity contribution < 1.29 is 14.3 Å². The molecule has 5 heteroatoms. The molecule has 1 fully saturated rings. The van der Waals surface area contributed by atoms with E-state index in [1.807, 2.05) is 43.9 Å². The summed E-state index contributed by atoms with van der Waals surface area (Å²) in [7, 11) is 0. The highest BCUT2D eigenvalue weighted by Gasteiger charge is 2.24. The molecule has 0 aliphatic carbocycles. The minimum atomic E-state index is -0.00289. The SMILES string of the molecule is CCCOc1ccc(/C=C\C(=O)N2CC(C)OC(C)C2)cc1N. The third-order valence-corrected chi connectivity index (χ3v) is 3.65. The number of nitrogens with zero attached hydrogens (tertiary/aromatic N) is 1. The number of ether oxygens (including phenoxy) is 2. The summed E-state index contributed by atoms with van der Waals surface area (Å²) < 4.78 is 11.2. The van der Waals surface area contributed by atoms with Crippen LogP contribution in [0.25, 0.3) is 6.08 Å². The van der Waals surface area contributed by atoms with E-state index in [1.165, 1.54) is 0 Å². The van der Waals surface area contributed by atoms with Crippen LogP contribution in [0.3, 0.4) is 0 Å². The Bertz CT molecular complexity index is 561. The highest BCUT2D eigenvalue weighted by atomic mass is 16.5. The van der Waals surface area contributed by atoms with E-state index in [0.29, 0.717) is 31.1 Å². The molecule has 1 heterocycles. The number of morpholine rings is 1. The Morgan fingerprint density at radius 3 is 2.70 bits per heavy atom. The second kappa shape index (κ2) is 8.02. The Morgan fingerprint density at radius 2 is 2.09 bits per heavy atom. The van der Waals surface area contributed by atoms with Crippen LogP contribution < -0.4 is 10.5 Å². The highest BCUT2D eigenvalue weighted by molar-refractivity contribution is 5.92. The molecule has 0 aromatic heterocycles. The normalized spacial score (nSPS) is 21.6. The van der Waals surface area contributed by atoms with Crippen molar-refractivity contribution in [1.29, 1.82) is 0 Å². The predicted octanol–water partition coefficient (Wildman–Crippen LogP) is 2.71. The van der Waals surface area contributed by atoms with Crippen LogP contribution in [-0.4, -0.2) is 42.7 Å². The highest BCUT2D eigenvalue weighted by Crippen LogP contribution is 2.23. The van der Waals surface area contributed by atoms with Crippen molar-refractivity contribution in [3.05, 3.63) is 29.8 Å². The fourth-order valence-electron chi connectivity index (χ4n) is 2.64. The third-order valence-electron chi connectivity index (χ3n) is 3.65. The van der Waals surface area contributed by atoms with Gasteiger partial charge in [0.25, 0.3) is 0 Å². The van der Waals surface area contributed by atoms with Gasteiger partial charge in [-0.1, -0.05) is 13.0 Å². The van der Waals surface area contributed by atoms with Gasteiger partial charge in [0.1, 0.15) is 5.75 Å². The smallest absolute Gasteiger partial charge is 0.246 e. The predicted molar refractivity (Wildman–Crippen MR) is 92.3 cm³/mol. The van der Waals surface area contributed by atoms with Gasteiger partial charge < -0.3 is 20.1 Å². The summed E-state index contributed by atoms with van der Waals surface area (Å²) in [5.74, 6) is 0.683. The zero-order chi connectivity index (χ0) is 16.8. The number of anilines is 1. The number of carbonyl (C=O) groups is 1. The molecule has 23 heavy (non-hydrogen) atoms. The van der Waals surface area contributed by atoms with Gasteiger partial charge in [-0.3, -0.25) is 4.79 Å². The molecule has 1 amide bonds. The fraction of sp³-hybridized carbons (Fsp3) is 0.500. The van der Waals surface area contributed by atoms with Gasteiger partial charge >= 0.3 is 0 Å². The molecular weight excluding hydrogens is 292 g/mol. The molecule has 0 spiro atoms. The first-order valence-electron chi connectivity index (χ1n) is 8.14. The lowest BCUT2D eigenvalue weighted by molar-refractivity contribution is -0.137. The second-order valence-electron chi connectivity index (χ2n) is 5.98. The van der Waals surface area contributed by atoms with E-state index in [-0.39, 0.29) is 18.1 Å². The summed E-state index contributed by atoms with van der Waals surface area (Å²) in [5, 5.41) is 0. The van der Waals surface area contributed by atoms with Crippen molar-refractivity contribution in [2.75, 3.05) is 25.4 Å². The summed E-state index contributed by atoms with van der Waals surface area (Å²) in [6.07, 6.45) is 4.45. The van der Waals surface area contributed by atoms with Gasteiger partial charge in [0, 0.05) is 19.2 Å². The topological polar surface area (TPSA) is 64.8 Å². The number of carbonyl (C=O) groups excluding carboxylic acids is 1. The van der Waals surface area contributed by atoms with Crippen LogP contribution in [0, 0.1) is 0 Å². The molecule has 1 aromatic rings. The lowest BCUT2D eigenvalue weighted by Gasteiger charge is -2.34. The van der Waals surface area contributed by atoms with Gasteiger partial charge in [0.2, 0.25) is 5.91 Å². The first-order chi connectivity index (χ1) is 11.0. The van der Waals surface area contributed by atoms with Gasteiger partial charge in [-0.2, -0.15) is 0 Å². The van der Waals surface area contributed by atoms with Gasteiger partial charge in [-0.15, -0.1) is 0 Å². The quantitative estimate of drug-likeness (QED) is 0.670. The van der Waals surface area contributed by atoms with Crippen molar-refractivity contribution >= 4 is 17.7 Å². The maximum absolute atomic E-state index is 12.3. The number of rotatable bonds is 5. The molecule has 1 saturated heterocycles. The zero-order valence-electron chi connectivity index (χ0n) is 14.1. The Labute approximate surface area is 138 Å². The lowest BCUT2D eigenvalue weighted by atomic mass is 10.1. The van der Waals surface area contributed by atoms with Crippen LogP contribution in [0.1, 0.15) is 32.8 Å². The Hall–Kier alpha value is -2.01. The molecule has 0 bridgehead atoms. The molecule has 2 atom stereocenters. The number of hydrogen-bond acceptors (Lipinski definition) is 4. The van der Waals surface area contributed by atoms with E-state index < -0.39 is 0 Å². The molecule has 0 radical (unpaired) electrons. The molecule has 1 aliphatic rings. The van der Waals surface area contributed by atoms with E-state index in [2.05, 4.69) is 0 Å². The zero-order valence-corrected chi connectivity index (χ0v) is 14.1. The Morgan fingerprint density at radius 1 is 1.39 bits per heavy atom. The Kier molecular flexibility index (Phi) is 6.04. The maximum Gasteiger partial charge on any atom is 0.246 e. The van der Waals surface area contributed by atoms with Crippen LogP contribution in [0.15, 0.2) is 24.3 Å². The second-order valence-corrected chi connectivity index (χ2v) is 5.98. The summed E-state index contributed by atoms with van der Waals surface area (Å²) in [6, 6.07) is 5.56. The number of hydrogen-bond donors (Lipinski definition) is 1. The molecule has 2 rings (SSSR count). The molecule has 1 aliphatic heterocycles.